The Labute approximate surface area is 207 Å². The summed E-state index contributed by atoms with van der Waals surface area (Å²) in [5, 5.41) is 21.3. The smallest absolute Gasteiger partial charge is 0.393 e. The summed E-state index contributed by atoms with van der Waals surface area (Å²) in [6, 6.07) is 0. The monoisotopic (exact) mass is 519 g/mol. The van der Waals surface area contributed by atoms with Gasteiger partial charge in [0, 0.05) is 18.8 Å². The van der Waals surface area contributed by atoms with Gasteiger partial charge in [-0.3, -0.25) is 9.63 Å². The number of rotatable bonds is 5. The van der Waals surface area contributed by atoms with Crippen molar-refractivity contribution in [1.82, 2.24) is 5.06 Å². The molecule has 2 N–H and O–H groups in total. The summed E-state index contributed by atoms with van der Waals surface area (Å²) in [5.74, 6) is -6.01. The van der Waals surface area contributed by atoms with Crippen molar-refractivity contribution in [2.24, 2.45) is 22.7 Å². The van der Waals surface area contributed by atoms with Crippen LogP contribution < -0.4 is 0 Å². The topological polar surface area (TPSA) is 70.0 Å². The first-order valence-corrected chi connectivity index (χ1v) is 12.4. The van der Waals surface area contributed by atoms with Crippen LogP contribution in [0.4, 0.5) is 22.0 Å². The number of hydrogen-bond donors (Lipinski definition) is 2. The highest BCUT2D eigenvalue weighted by atomic mass is 19.4. The van der Waals surface area contributed by atoms with E-state index < -0.39 is 53.7 Å². The van der Waals surface area contributed by atoms with Crippen LogP contribution in [0.3, 0.4) is 0 Å². The van der Waals surface area contributed by atoms with E-state index in [0.29, 0.717) is 25.7 Å². The SMILES string of the molecule is CC(=O)N(CC(F)(F)C(F)(F)F)O[C@@H](C)C1=CCC2C3=CC=C4C[C@@H](O)C[C@H](O)[C@]4(C)C3CC[C@]12C. The molecule has 0 aliphatic heterocycles. The molecule has 2 fully saturated rings. The van der Waals surface area contributed by atoms with E-state index in [4.69, 9.17) is 4.84 Å². The summed E-state index contributed by atoms with van der Waals surface area (Å²) in [5.41, 5.74) is 2.07. The summed E-state index contributed by atoms with van der Waals surface area (Å²) in [6.45, 7) is 4.64. The Hall–Kier alpha value is -1.78. The lowest BCUT2D eigenvalue weighted by atomic mass is 9.49. The zero-order valence-corrected chi connectivity index (χ0v) is 20.9. The van der Waals surface area contributed by atoms with Crippen molar-refractivity contribution in [2.45, 2.75) is 90.2 Å². The van der Waals surface area contributed by atoms with Gasteiger partial charge in [0.25, 0.3) is 0 Å². The lowest BCUT2D eigenvalue weighted by molar-refractivity contribution is -0.308. The summed E-state index contributed by atoms with van der Waals surface area (Å²) >= 11 is 0. The Morgan fingerprint density at radius 3 is 2.47 bits per heavy atom. The van der Waals surface area contributed by atoms with Crippen LogP contribution >= 0.6 is 0 Å². The van der Waals surface area contributed by atoms with Crippen LogP contribution in [-0.2, 0) is 9.63 Å². The van der Waals surface area contributed by atoms with E-state index in [0.717, 1.165) is 24.5 Å². The van der Waals surface area contributed by atoms with Gasteiger partial charge in [-0.15, -0.1) is 0 Å². The highest BCUT2D eigenvalue weighted by Gasteiger charge is 2.60. The zero-order valence-electron chi connectivity index (χ0n) is 20.9. The van der Waals surface area contributed by atoms with Crippen molar-refractivity contribution in [3.8, 4) is 0 Å². The van der Waals surface area contributed by atoms with Crippen LogP contribution in [0.2, 0.25) is 0 Å². The second-order valence-electron chi connectivity index (χ2n) is 11.2. The molecule has 0 radical (unpaired) electrons. The van der Waals surface area contributed by atoms with Crippen molar-refractivity contribution < 1.29 is 41.8 Å². The molecule has 0 saturated heterocycles. The number of fused-ring (bicyclic) bond motifs is 5. The standard InChI is InChI=1S/C26H34F5NO4/c1-14(36-32(15(2)33)13-25(27,28)26(29,30)31)19-7-8-20-18-6-5-16-11-17(34)12-22(35)24(16,4)21(18)9-10-23(19,20)3/h5-7,14,17,20-22,34-35H,8-13H2,1-4H3/t14-,17+,20?,21?,22-,23+,24-/m0/s1. The molecular weight excluding hydrogens is 485 g/mol. The molecule has 2 unspecified atom stereocenters. The van der Waals surface area contributed by atoms with E-state index in [9.17, 15) is 37.0 Å². The van der Waals surface area contributed by atoms with Crippen molar-refractivity contribution in [3.05, 3.63) is 34.9 Å². The molecule has 0 aromatic heterocycles. The second kappa shape index (κ2) is 8.91. The van der Waals surface area contributed by atoms with Crippen molar-refractivity contribution in [2.75, 3.05) is 6.54 Å². The number of aliphatic hydroxyl groups is 2. The molecule has 7 atom stereocenters. The number of alkyl halides is 5. The molecule has 0 bridgehead atoms. The predicted octanol–water partition coefficient (Wildman–Crippen LogP) is 5.10. The van der Waals surface area contributed by atoms with E-state index in [1.165, 1.54) is 5.57 Å². The van der Waals surface area contributed by atoms with E-state index in [1.807, 2.05) is 19.1 Å². The fourth-order valence-corrected chi connectivity index (χ4v) is 7.04. The maximum atomic E-state index is 13.7. The Balaban J connectivity index is 1.55. The average Bonchev–Trinajstić information content (AvgIpc) is 3.10. The van der Waals surface area contributed by atoms with Gasteiger partial charge in [0.1, 0.15) is 12.6 Å². The van der Waals surface area contributed by atoms with Crippen LogP contribution in [-0.4, -0.2) is 58.1 Å². The number of hydrogen-bond acceptors (Lipinski definition) is 4. The number of aliphatic hydroxyl groups excluding tert-OH is 2. The van der Waals surface area contributed by atoms with E-state index in [-0.39, 0.29) is 16.9 Å². The van der Waals surface area contributed by atoms with Crippen molar-refractivity contribution >= 4 is 5.91 Å². The first kappa shape index (κ1) is 27.3. The van der Waals surface area contributed by atoms with Gasteiger partial charge in [0.2, 0.25) is 5.91 Å². The molecule has 4 aliphatic carbocycles. The summed E-state index contributed by atoms with van der Waals surface area (Å²) in [6.07, 6.45) is 1.00. The van der Waals surface area contributed by atoms with Crippen LogP contribution in [0, 0.1) is 22.7 Å². The summed E-state index contributed by atoms with van der Waals surface area (Å²) in [4.78, 5) is 17.3. The lowest BCUT2D eigenvalue weighted by Gasteiger charge is -2.56. The van der Waals surface area contributed by atoms with Gasteiger partial charge in [-0.1, -0.05) is 43.2 Å². The Morgan fingerprint density at radius 1 is 1.19 bits per heavy atom. The normalized spacial score (nSPS) is 37.1. The molecule has 4 aliphatic rings. The molecule has 0 aromatic carbocycles. The number of allylic oxidation sites excluding steroid dienone is 4. The minimum absolute atomic E-state index is 0.0494. The molecule has 1 amide bonds. The first-order chi connectivity index (χ1) is 16.5. The van der Waals surface area contributed by atoms with E-state index in [2.05, 4.69) is 13.0 Å². The average molecular weight is 520 g/mol. The van der Waals surface area contributed by atoms with Gasteiger partial charge >= 0.3 is 12.1 Å². The minimum Gasteiger partial charge on any atom is -0.393 e. The van der Waals surface area contributed by atoms with Gasteiger partial charge in [0.15, 0.2) is 0 Å². The number of amides is 1. The molecule has 0 aromatic rings. The molecule has 2 saturated carbocycles. The van der Waals surface area contributed by atoms with Gasteiger partial charge in [-0.05, 0) is 55.4 Å². The zero-order chi connectivity index (χ0) is 26.8. The lowest BCUT2D eigenvalue weighted by Crippen LogP contribution is -2.52. The van der Waals surface area contributed by atoms with Gasteiger partial charge in [-0.25, -0.2) is 5.06 Å². The van der Waals surface area contributed by atoms with E-state index in [1.54, 1.807) is 6.92 Å². The van der Waals surface area contributed by atoms with Gasteiger partial charge in [-0.2, -0.15) is 22.0 Å². The second-order valence-corrected chi connectivity index (χ2v) is 11.2. The molecular formula is C26H34F5NO4. The number of halogens is 5. The molecule has 5 nitrogen and oxygen atoms in total. The third-order valence-electron chi connectivity index (χ3n) is 9.13. The third kappa shape index (κ3) is 4.22. The first-order valence-electron chi connectivity index (χ1n) is 12.4. The fourth-order valence-electron chi connectivity index (χ4n) is 7.04. The number of nitrogens with zero attached hydrogens (tertiary/aromatic N) is 1. The summed E-state index contributed by atoms with van der Waals surface area (Å²) in [7, 11) is 0. The minimum atomic E-state index is -5.80. The summed E-state index contributed by atoms with van der Waals surface area (Å²) < 4.78 is 65.5. The van der Waals surface area contributed by atoms with Gasteiger partial charge < -0.3 is 10.2 Å². The maximum Gasteiger partial charge on any atom is 0.455 e. The van der Waals surface area contributed by atoms with E-state index >= 15 is 0 Å². The molecule has 4 rings (SSSR count). The fraction of sp³-hybridized carbons (Fsp3) is 0.731. The molecule has 0 heterocycles. The van der Waals surface area contributed by atoms with Crippen molar-refractivity contribution in [1.29, 1.82) is 0 Å². The highest BCUT2D eigenvalue weighted by Crippen LogP contribution is 2.64. The molecule has 36 heavy (non-hydrogen) atoms. The number of carbonyl (C=O) groups excluding carboxylic acids is 1. The largest absolute Gasteiger partial charge is 0.455 e. The Morgan fingerprint density at radius 2 is 1.86 bits per heavy atom. The molecule has 0 spiro atoms. The van der Waals surface area contributed by atoms with Crippen LogP contribution in [0.5, 0.6) is 0 Å². The number of carbonyl (C=O) groups is 1. The molecule has 10 heteroatoms. The third-order valence-corrected chi connectivity index (χ3v) is 9.13. The predicted molar refractivity (Wildman–Crippen MR) is 121 cm³/mol. The maximum absolute atomic E-state index is 13.7. The Bertz CT molecular complexity index is 1000. The highest BCUT2D eigenvalue weighted by molar-refractivity contribution is 5.72. The quantitative estimate of drug-likeness (QED) is 0.301. The Kier molecular flexibility index (Phi) is 6.75. The van der Waals surface area contributed by atoms with Gasteiger partial charge in [0.05, 0.1) is 12.2 Å². The molecule has 202 valence electrons. The van der Waals surface area contributed by atoms with Crippen LogP contribution in [0.15, 0.2) is 34.9 Å². The van der Waals surface area contributed by atoms with Crippen molar-refractivity contribution in [3.63, 3.8) is 0 Å². The van der Waals surface area contributed by atoms with Crippen LogP contribution in [0.25, 0.3) is 0 Å². The number of hydroxylamine groups is 2. The van der Waals surface area contributed by atoms with Crippen LogP contribution in [0.1, 0.15) is 59.8 Å².